The maximum atomic E-state index is 2.69. The minimum Gasteiger partial charge on any atom is -0.440 e. The van der Waals surface area contributed by atoms with Crippen molar-refractivity contribution in [1.29, 1.82) is 0 Å². The van der Waals surface area contributed by atoms with E-state index in [1.807, 2.05) is 0 Å². The minimum absolute atomic E-state index is 0.316. The van der Waals surface area contributed by atoms with Crippen LogP contribution in [0.5, 0.6) is 0 Å². The van der Waals surface area contributed by atoms with Gasteiger partial charge in [0.2, 0.25) is 0 Å². The predicted molar refractivity (Wildman–Crippen MR) is 116 cm³/mol. The molecule has 1 aromatic carbocycles. The zero-order valence-electron chi connectivity index (χ0n) is 15.8. The highest BCUT2D eigenvalue weighted by atomic mass is 127. The van der Waals surface area contributed by atoms with E-state index in [1.165, 1.54) is 25.7 Å². The van der Waals surface area contributed by atoms with Crippen molar-refractivity contribution in [1.82, 2.24) is 4.48 Å². The van der Waals surface area contributed by atoms with Gasteiger partial charge < -0.3 is 4.48 Å². The van der Waals surface area contributed by atoms with E-state index in [0.29, 0.717) is 11.9 Å². The van der Waals surface area contributed by atoms with Crippen molar-refractivity contribution in [3.05, 3.63) is 50.7 Å². The summed E-state index contributed by atoms with van der Waals surface area (Å²) in [7, 11) is -1.65. The molecule has 0 spiro atoms. The highest BCUT2D eigenvalue weighted by Gasteiger charge is 2.44. The first-order valence-electron chi connectivity index (χ1n) is 8.37. The third kappa shape index (κ3) is 3.63. The maximum Gasteiger partial charge on any atom is 0.307 e. The number of halogens is 1. The molecule has 23 heavy (non-hydrogen) atoms. The maximum absolute atomic E-state index is 2.69. The number of nitrogens with zero attached hydrogens (tertiary/aromatic N) is 1. The van der Waals surface area contributed by atoms with Crippen LogP contribution in [0, 0.1) is 20.8 Å². The van der Waals surface area contributed by atoms with Crippen LogP contribution in [-0.4, -0.2) is 19.6 Å². The van der Waals surface area contributed by atoms with Gasteiger partial charge in [0.1, 0.15) is 8.24 Å². The Morgan fingerprint density at radius 3 is 2.04 bits per heavy atom. The highest BCUT2D eigenvalue weighted by molar-refractivity contribution is 14.1. The number of rotatable bonds is 2. The topological polar surface area (TPSA) is 3.24 Å². The normalized spacial score (nSPS) is 16.0. The molecule has 1 nitrogen and oxygen atoms in total. The molecule has 124 valence electrons. The van der Waals surface area contributed by atoms with Crippen molar-refractivity contribution in [2.24, 2.45) is 0 Å². The Morgan fingerprint density at radius 1 is 1.04 bits per heavy atom. The first-order chi connectivity index (χ1) is 10.4. The second-order valence-electron chi connectivity index (χ2n) is 8.35. The molecule has 0 bridgehead atoms. The molecule has 0 radical (unpaired) electrons. The van der Waals surface area contributed by atoms with Crippen LogP contribution >= 0.6 is 22.6 Å². The zero-order chi connectivity index (χ0) is 17.6. The summed E-state index contributed by atoms with van der Waals surface area (Å²) < 4.78 is 4.02. The summed E-state index contributed by atoms with van der Waals surface area (Å²) >= 11 is 2.45. The molecular formula is C19H29BINSi. The molecule has 1 aliphatic heterocycles. The van der Waals surface area contributed by atoms with Gasteiger partial charge in [0.25, 0.3) is 0 Å². The van der Waals surface area contributed by atoms with Crippen LogP contribution in [0.3, 0.4) is 0 Å². The van der Waals surface area contributed by atoms with Gasteiger partial charge in [-0.05, 0) is 60.1 Å². The number of benzene rings is 1. The van der Waals surface area contributed by atoms with E-state index in [2.05, 4.69) is 112 Å². The first kappa shape index (κ1) is 18.8. The molecule has 1 heterocycles. The summed E-state index contributed by atoms with van der Waals surface area (Å²) in [6.07, 6.45) is 4.66. The lowest BCUT2D eigenvalue weighted by Gasteiger charge is -2.49. The molecule has 4 heteroatoms. The molecule has 1 aromatic rings. The van der Waals surface area contributed by atoms with Crippen molar-refractivity contribution in [2.75, 3.05) is 0 Å². The fraction of sp³-hybridized carbons (Fsp3) is 0.474. The van der Waals surface area contributed by atoms with Gasteiger partial charge in [0.05, 0.1) is 0 Å². The standard InChI is InChI=1S/C19H29BINSi/c1-14-11-15(2)18(16(3)12-14)20-10-9-17(21)13-22(20)23(7,8)19(4,5)6/h9-13H,1-8H3. The summed E-state index contributed by atoms with van der Waals surface area (Å²) in [5.74, 6) is 2.40. The van der Waals surface area contributed by atoms with E-state index < -0.39 is 8.24 Å². The van der Waals surface area contributed by atoms with Gasteiger partial charge in [-0.3, -0.25) is 0 Å². The molecule has 2 rings (SSSR count). The fourth-order valence-corrected chi connectivity index (χ4v) is 6.24. The Hall–Kier alpha value is -0.488. The monoisotopic (exact) mass is 437 g/mol. The molecule has 0 amide bonds. The van der Waals surface area contributed by atoms with Gasteiger partial charge in [0.15, 0.2) is 0 Å². The molecule has 0 saturated heterocycles. The van der Waals surface area contributed by atoms with Crippen molar-refractivity contribution >= 4 is 43.1 Å². The van der Waals surface area contributed by atoms with Crippen LogP contribution in [0.15, 0.2) is 34.0 Å². The van der Waals surface area contributed by atoms with Gasteiger partial charge in [-0.15, -0.1) is 0 Å². The lowest BCUT2D eigenvalue weighted by atomic mass is 9.52. The van der Waals surface area contributed by atoms with Crippen LogP contribution in [0.25, 0.3) is 0 Å². The zero-order valence-corrected chi connectivity index (χ0v) is 18.9. The van der Waals surface area contributed by atoms with E-state index in [0.717, 1.165) is 0 Å². The van der Waals surface area contributed by atoms with Gasteiger partial charge in [-0.25, -0.2) is 0 Å². The largest absolute Gasteiger partial charge is 0.440 e. The van der Waals surface area contributed by atoms with Crippen molar-refractivity contribution in [2.45, 2.75) is 59.7 Å². The van der Waals surface area contributed by atoms with Crippen LogP contribution in [0.4, 0.5) is 0 Å². The van der Waals surface area contributed by atoms with E-state index in [-0.39, 0.29) is 0 Å². The quantitative estimate of drug-likeness (QED) is 0.436. The van der Waals surface area contributed by atoms with Gasteiger partial charge in [-0.2, -0.15) is 0 Å². The SMILES string of the molecule is Cc1cc(C)c(B2C=CC(I)=CN2[Si](C)(C)C(C)(C)C)c(C)c1. The molecule has 0 aromatic heterocycles. The van der Waals surface area contributed by atoms with Gasteiger partial charge in [-0.1, -0.05) is 74.7 Å². The third-order valence-corrected chi connectivity index (χ3v) is 11.5. The molecule has 0 aliphatic carbocycles. The Kier molecular flexibility index (Phi) is 5.27. The van der Waals surface area contributed by atoms with Gasteiger partial charge in [0, 0.05) is 3.58 Å². The molecular weight excluding hydrogens is 408 g/mol. The Bertz CT molecular complexity index is 647. The average Bonchev–Trinajstić information content (AvgIpc) is 2.37. The molecule has 0 N–H and O–H groups in total. The average molecular weight is 437 g/mol. The van der Waals surface area contributed by atoms with Crippen molar-refractivity contribution in [3.63, 3.8) is 0 Å². The van der Waals surface area contributed by atoms with Crippen molar-refractivity contribution in [3.8, 4) is 0 Å². The predicted octanol–water partition coefficient (Wildman–Crippen LogP) is 5.50. The summed E-state index contributed by atoms with van der Waals surface area (Å²) in [6.45, 7) is 19.2. The van der Waals surface area contributed by atoms with E-state index in [4.69, 9.17) is 0 Å². The smallest absolute Gasteiger partial charge is 0.307 e. The first-order valence-corrected chi connectivity index (χ1v) is 12.4. The number of hydrogen-bond donors (Lipinski definition) is 0. The highest BCUT2D eigenvalue weighted by Crippen LogP contribution is 2.40. The Morgan fingerprint density at radius 2 is 1.57 bits per heavy atom. The molecule has 0 saturated carbocycles. The molecule has 1 aliphatic rings. The third-order valence-electron chi connectivity index (χ3n) is 5.51. The van der Waals surface area contributed by atoms with Crippen molar-refractivity contribution < 1.29 is 0 Å². The van der Waals surface area contributed by atoms with Crippen LogP contribution in [0.1, 0.15) is 37.5 Å². The summed E-state index contributed by atoms with van der Waals surface area (Å²) in [5.41, 5.74) is 5.65. The van der Waals surface area contributed by atoms with Crippen LogP contribution in [0.2, 0.25) is 18.1 Å². The lowest BCUT2D eigenvalue weighted by molar-refractivity contribution is 0.654. The van der Waals surface area contributed by atoms with E-state index in [1.54, 1.807) is 0 Å². The van der Waals surface area contributed by atoms with E-state index in [9.17, 15) is 0 Å². The molecule has 0 unspecified atom stereocenters. The molecule has 0 atom stereocenters. The Balaban J connectivity index is 2.60. The number of allylic oxidation sites excluding steroid dienone is 2. The second kappa shape index (κ2) is 6.43. The van der Waals surface area contributed by atoms with Crippen LogP contribution in [-0.2, 0) is 0 Å². The second-order valence-corrected chi connectivity index (χ2v) is 14.7. The fourth-order valence-electron chi connectivity index (χ4n) is 3.32. The lowest BCUT2D eigenvalue weighted by Crippen LogP contribution is -2.62. The Labute approximate surface area is 157 Å². The van der Waals surface area contributed by atoms with Crippen LogP contribution < -0.4 is 5.46 Å². The number of hydrogen-bond acceptors (Lipinski definition) is 1. The van der Waals surface area contributed by atoms with E-state index >= 15 is 0 Å². The van der Waals surface area contributed by atoms with Gasteiger partial charge >= 0.3 is 6.85 Å². The summed E-state index contributed by atoms with van der Waals surface area (Å²) in [5, 5.41) is 0.316. The molecule has 0 fully saturated rings. The number of aryl methyl sites for hydroxylation is 3. The summed E-state index contributed by atoms with van der Waals surface area (Å²) in [4.78, 5) is 0. The minimum atomic E-state index is -1.65. The summed E-state index contributed by atoms with van der Waals surface area (Å²) in [6, 6.07) is 4.65.